The number of hydrogen-bond acceptors (Lipinski definition) is 0. The molecule has 0 heterocycles. The summed E-state index contributed by atoms with van der Waals surface area (Å²) in [7, 11) is 0. The van der Waals surface area contributed by atoms with Crippen LogP contribution in [0.2, 0.25) is 0 Å². The van der Waals surface area contributed by atoms with Crippen LogP contribution in [0.1, 0.15) is 42.9 Å². The highest BCUT2D eigenvalue weighted by atomic mass is 79.9. The van der Waals surface area contributed by atoms with Crippen molar-refractivity contribution in [1.82, 2.24) is 0 Å². The van der Waals surface area contributed by atoms with Gasteiger partial charge in [0.1, 0.15) is 5.82 Å². The first-order valence-electron chi connectivity index (χ1n) is 5.94. The lowest BCUT2D eigenvalue weighted by Gasteiger charge is -2.11. The quantitative estimate of drug-likeness (QED) is 0.673. The smallest absolute Gasteiger partial charge is 0.126 e. The van der Waals surface area contributed by atoms with Crippen molar-refractivity contribution < 1.29 is 4.39 Å². The molecule has 1 aromatic carbocycles. The van der Waals surface area contributed by atoms with Gasteiger partial charge in [0, 0.05) is 4.83 Å². The topological polar surface area (TPSA) is 0 Å². The first kappa shape index (κ1) is 13.7. The lowest BCUT2D eigenvalue weighted by atomic mass is 9.99. The maximum Gasteiger partial charge on any atom is 0.126 e. The molecule has 1 rings (SSSR count). The summed E-state index contributed by atoms with van der Waals surface area (Å²) in [6, 6.07) is 3.69. The van der Waals surface area contributed by atoms with Gasteiger partial charge in [-0.25, -0.2) is 4.39 Å². The van der Waals surface area contributed by atoms with Crippen molar-refractivity contribution >= 4 is 15.9 Å². The van der Waals surface area contributed by atoms with Crippen molar-refractivity contribution in [3.63, 3.8) is 0 Å². The van der Waals surface area contributed by atoms with Crippen LogP contribution in [-0.2, 0) is 6.42 Å². The molecule has 0 aliphatic rings. The van der Waals surface area contributed by atoms with Crippen molar-refractivity contribution in [2.75, 3.05) is 0 Å². The van der Waals surface area contributed by atoms with Crippen molar-refractivity contribution in [1.29, 1.82) is 0 Å². The normalized spacial score (nSPS) is 12.8. The molecule has 2 heteroatoms. The van der Waals surface area contributed by atoms with Crippen LogP contribution in [0.25, 0.3) is 0 Å². The van der Waals surface area contributed by atoms with Crippen LogP contribution < -0.4 is 0 Å². The van der Waals surface area contributed by atoms with Gasteiger partial charge in [-0.05, 0) is 55.9 Å². The molecule has 0 aliphatic carbocycles. The molecular formula is C14H20BrF. The number of hydrogen-bond donors (Lipinski definition) is 0. The first-order valence-corrected chi connectivity index (χ1v) is 6.85. The molecule has 0 spiro atoms. The van der Waals surface area contributed by atoms with Gasteiger partial charge in [-0.3, -0.25) is 0 Å². The van der Waals surface area contributed by atoms with E-state index in [1.165, 1.54) is 6.42 Å². The van der Waals surface area contributed by atoms with E-state index in [0.29, 0.717) is 4.83 Å². The summed E-state index contributed by atoms with van der Waals surface area (Å²) in [5.41, 5.74) is 2.96. The van der Waals surface area contributed by atoms with Gasteiger partial charge < -0.3 is 0 Å². The van der Waals surface area contributed by atoms with Gasteiger partial charge in [-0.2, -0.15) is 0 Å². The molecule has 90 valence electrons. The van der Waals surface area contributed by atoms with Crippen LogP contribution in [0.3, 0.4) is 0 Å². The molecule has 16 heavy (non-hydrogen) atoms. The van der Waals surface area contributed by atoms with Gasteiger partial charge in [-0.15, -0.1) is 0 Å². The summed E-state index contributed by atoms with van der Waals surface area (Å²) in [4.78, 5) is 0.512. The Bertz CT molecular complexity index is 324. The highest BCUT2D eigenvalue weighted by Crippen LogP contribution is 2.21. The van der Waals surface area contributed by atoms with E-state index < -0.39 is 0 Å². The Kier molecular flexibility index (Phi) is 5.47. The fourth-order valence-corrected chi connectivity index (χ4v) is 2.71. The largest absolute Gasteiger partial charge is 0.207 e. The summed E-state index contributed by atoms with van der Waals surface area (Å²) in [5.74, 6) is -0.0475. The third-order valence-corrected chi connectivity index (χ3v) is 3.79. The lowest BCUT2D eigenvalue weighted by Crippen LogP contribution is -2.03. The van der Waals surface area contributed by atoms with Crippen LogP contribution in [0.4, 0.5) is 4.39 Å². The van der Waals surface area contributed by atoms with Crippen LogP contribution in [0, 0.1) is 19.7 Å². The van der Waals surface area contributed by atoms with E-state index in [1.807, 2.05) is 13.8 Å². The van der Waals surface area contributed by atoms with E-state index in [-0.39, 0.29) is 5.82 Å². The third kappa shape index (κ3) is 3.89. The molecule has 0 amide bonds. The first-order chi connectivity index (χ1) is 7.54. The molecule has 1 unspecified atom stereocenters. The Hall–Kier alpha value is -0.370. The molecule has 0 aliphatic heterocycles. The van der Waals surface area contributed by atoms with Gasteiger partial charge in [0.25, 0.3) is 0 Å². The minimum Gasteiger partial charge on any atom is -0.207 e. The Morgan fingerprint density at radius 3 is 2.50 bits per heavy atom. The van der Waals surface area contributed by atoms with E-state index in [4.69, 9.17) is 0 Å². The van der Waals surface area contributed by atoms with Crippen molar-refractivity contribution in [3.05, 3.63) is 34.6 Å². The summed E-state index contributed by atoms with van der Waals surface area (Å²) in [6.45, 7) is 6.10. The molecular weight excluding hydrogens is 267 g/mol. The molecule has 0 saturated carbocycles. The number of halogens is 2. The predicted octanol–water partition coefficient (Wildman–Crippen LogP) is 4.94. The maximum atomic E-state index is 13.7. The highest BCUT2D eigenvalue weighted by molar-refractivity contribution is 9.09. The molecule has 0 bridgehead atoms. The van der Waals surface area contributed by atoms with Crippen LogP contribution >= 0.6 is 15.9 Å². The van der Waals surface area contributed by atoms with Gasteiger partial charge in [0.15, 0.2) is 0 Å². The summed E-state index contributed by atoms with van der Waals surface area (Å²) in [6.07, 6.45) is 4.17. The van der Waals surface area contributed by atoms with Crippen LogP contribution in [-0.4, -0.2) is 4.83 Å². The molecule has 0 saturated heterocycles. The third-order valence-electron chi connectivity index (χ3n) is 2.87. The molecule has 1 atom stereocenters. The zero-order chi connectivity index (χ0) is 12.1. The average Bonchev–Trinajstić information content (AvgIpc) is 2.16. The average molecular weight is 287 g/mol. The Balaban J connectivity index is 2.67. The fourth-order valence-electron chi connectivity index (χ4n) is 2.02. The van der Waals surface area contributed by atoms with Crippen LogP contribution in [0.15, 0.2) is 12.1 Å². The maximum absolute atomic E-state index is 13.7. The zero-order valence-electron chi connectivity index (χ0n) is 10.3. The Morgan fingerprint density at radius 1 is 1.25 bits per heavy atom. The number of rotatable bonds is 5. The van der Waals surface area contributed by atoms with Crippen molar-refractivity contribution in [2.45, 2.75) is 51.3 Å². The van der Waals surface area contributed by atoms with E-state index in [2.05, 4.69) is 28.9 Å². The summed E-state index contributed by atoms with van der Waals surface area (Å²) < 4.78 is 13.7. The van der Waals surface area contributed by atoms with E-state index in [0.717, 1.165) is 36.0 Å². The minimum absolute atomic E-state index is 0.0475. The second kappa shape index (κ2) is 6.39. The van der Waals surface area contributed by atoms with Crippen molar-refractivity contribution in [2.24, 2.45) is 0 Å². The van der Waals surface area contributed by atoms with E-state index in [1.54, 1.807) is 6.07 Å². The molecule has 0 nitrogen and oxygen atoms in total. The lowest BCUT2D eigenvalue weighted by molar-refractivity contribution is 0.595. The van der Waals surface area contributed by atoms with Gasteiger partial charge in [-0.1, -0.05) is 35.3 Å². The van der Waals surface area contributed by atoms with Crippen molar-refractivity contribution in [3.8, 4) is 0 Å². The second-order valence-corrected chi connectivity index (χ2v) is 5.76. The zero-order valence-corrected chi connectivity index (χ0v) is 11.9. The van der Waals surface area contributed by atoms with Gasteiger partial charge in [0.2, 0.25) is 0 Å². The second-order valence-electron chi connectivity index (χ2n) is 4.47. The predicted molar refractivity (Wildman–Crippen MR) is 71.8 cm³/mol. The standard InChI is InChI=1S/C14H20BrF/c1-4-5-12(15)6-7-13-11(3)8-10(2)9-14(13)16/h8-9,12H,4-7H2,1-3H3. The monoisotopic (exact) mass is 286 g/mol. The number of benzene rings is 1. The number of aryl methyl sites for hydroxylation is 2. The molecule has 0 N–H and O–H groups in total. The minimum atomic E-state index is -0.0475. The summed E-state index contributed by atoms with van der Waals surface area (Å²) >= 11 is 3.64. The molecule has 0 fully saturated rings. The number of alkyl halides is 1. The fraction of sp³-hybridized carbons (Fsp3) is 0.571. The van der Waals surface area contributed by atoms with E-state index in [9.17, 15) is 4.39 Å². The highest BCUT2D eigenvalue weighted by Gasteiger charge is 2.09. The Labute approximate surface area is 106 Å². The van der Waals surface area contributed by atoms with Gasteiger partial charge >= 0.3 is 0 Å². The molecule has 0 aromatic heterocycles. The molecule has 0 radical (unpaired) electrons. The Morgan fingerprint density at radius 2 is 1.94 bits per heavy atom. The van der Waals surface area contributed by atoms with Gasteiger partial charge in [0.05, 0.1) is 0 Å². The van der Waals surface area contributed by atoms with E-state index >= 15 is 0 Å². The van der Waals surface area contributed by atoms with Crippen LogP contribution in [0.5, 0.6) is 0 Å². The summed E-state index contributed by atoms with van der Waals surface area (Å²) in [5, 5.41) is 0. The molecule has 1 aromatic rings. The SMILES string of the molecule is CCCC(Br)CCc1c(C)cc(C)cc1F.